The first-order chi connectivity index (χ1) is 7.65. The average molecular weight is 242 g/mol. The number of benzene rings is 1. The maximum absolute atomic E-state index is 11.3. The van der Waals surface area contributed by atoms with Crippen molar-refractivity contribution < 1.29 is 14.3 Å². The molecule has 1 aromatic rings. The Morgan fingerprint density at radius 1 is 1.44 bits per heavy atom. The molecular formula is C11H12ClNO3. The fourth-order valence-corrected chi connectivity index (χ4v) is 1.23. The Bertz CT molecular complexity index is 393. The van der Waals surface area contributed by atoms with E-state index >= 15 is 0 Å². The molecule has 0 aliphatic rings. The molecule has 0 bridgehead atoms. The number of hydrogen-bond acceptors (Lipinski definition) is 3. The number of Topliss-reactive ketones (excluding diaryl/α,β-unsaturated/α-hetero) is 1. The molecule has 4 nitrogen and oxygen atoms in total. The lowest BCUT2D eigenvalue weighted by Crippen LogP contribution is -2.17. The molecule has 1 amide bonds. The van der Waals surface area contributed by atoms with E-state index < -0.39 is 0 Å². The van der Waals surface area contributed by atoms with E-state index in [1.54, 1.807) is 24.3 Å². The van der Waals surface area contributed by atoms with Crippen LogP contribution >= 0.6 is 11.6 Å². The molecule has 5 heteroatoms. The first kappa shape index (κ1) is 12.5. The number of halogens is 1. The summed E-state index contributed by atoms with van der Waals surface area (Å²) in [5, 5.41) is 2.58. The van der Waals surface area contributed by atoms with Crippen molar-refractivity contribution in [2.24, 2.45) is 0 Å². The first-order valence-electron chi connectivity index (χ1n) is 4.67. The van der Waals surface area contributed by atoms with Gasteiger partial charge in [-0.3, -0.25) is 9.59 Å². The van der Waals surface area contributed by atoms with E-state index in [1.807, 2.05) is 0 Å². The molecule has 0 saturated carbocycles. The second-order valence-corrected chi connectivity index (χ2v) is 3.40. The van der Waals surface area contributed by atoms with Gasteiger partial charge in [-0.25, -0.2) is 0 Å². The van der Waals surface area contributed by atoms with Crippen LogP contribution in [-0.4, -0.2) is 24.7 Å². The molecule has 0 radical (unpaired) electrons. The number of rotatable bonds is 5. The Morgan fingerprint density at radius 3 is 2.81 bits per heavy atom. The van der Waals surface area contributed by atoms with Gasteiger partial charge in [-0.1, -0.05) is 6.07 Å². The van der Waals surface area contributed by atoms with E-state index in [2.05, 4.69) is 5.32 Å². The van der Waals surface area contributed by atoms with Crippen molar-refractivity contribution in [2.45, 2.75) is 6.42 Å². The summed E-state index contributed by atoms with van der Waals surface area (Å²) in [7, 11) is 1.54. The molecule has 0 fully saturated rings. The summed E-state index contributed by atoms with van der Waals surface area (Å²) >= 11 is 5.30. The predicted octanol–water partition coefficient (Wildman–Crippen LogP) is 1.83. The van der Waals surface area contributed by atoms with E-state index in [0.29, 0.717) is 11.4 Å². The summed E-state index contributed by atoms with van der Waals surface area (Å²) < 4.78 is 5.00. The molecule has 16 heavy (non-hydrogen) atoms. The highest BCUT2D eigenvalue weighted by atomic mass is 35.5. The van der Waals surface area contributed by atoms with Crippen LogP contribution in [0.2, 0.25) is 0 Å². The Hall–Kier alpha value is -1.55. The number of ether oxygens (including phenoxy) is 1. The molecule has 1 N–H and O–H groups in total. The third kappa shape index (κ3) is 3.90. The molecule has 0 unspecified atom stereocenters. The molecule has 0 saturated heterocycles. The number of methoxy groups -OCH3 is 1. The minimum atomic E-state index is -0.376. The predicted molar refractivity (Wildman–Crippen MR) is 62.0 cm³/mol. The summed E-state index contributed by atoms with van der Waals surface area (Å²) in [6.45, 7) is 0. The highest BCUT2D eigenvalue weighted by molar-refractivity contribution is 6.29. The van der Waals surface area contributed by atoms with Crippen molar-refractivity contribution in [3.63, 3.8) is 0 Å². The molecule has 1 rings (SSSR count). The van der Waals surface area contributed by atoms with Gasteiger partial charge in [-0.2, -0.15) is 0 Å². The van der Waals surface area contributed by atoms with Crippen LogP contribution in [0.3, 0.4) is 0 Å². The number of alkyl halides is 1. The zero-order valence-electron chi connectivity index (χ0n) is 8.83. The van der Waals surface area contributed by atoms with Gasteiger partial charge in [0.15, 0.2) is 5.78 Å². The summed E-state index contributed by atoms with van der Waals surface area (Å²) in [5.74, 6) is -0.187. The van der Waals surface area contributed by atoms with E-state index in [4.69, 9.17) is 16.3 Å². The Labute approximate surface area is 98.5 Å². The summed E-state index contributed by atoms with van der Waals surface area (Å²) in [6, 6.07) is 6.89. The third-order valence-electron chi connectivity index (χ3n) is 1.86. The molecule has 0 aromatic heterocycles. The first-order valence-corrected chi connectivity index (χ1v) is 5.20. The molecule has 0 atom stereocenters. The van der Waals surface area contributed by atoms with Crippen LogP contribution in [0.5, 0.6) is 5.75 Å². The summed E-state index contributed by atoms with van der Waals surface area (Å²) in [4.78, 5) is 22.3. The Balaban J connectivity index is 2.59. The van der Waals surface area contributed by atoms with Gasteiger partial charge in [-0.05, 0) is 12.1 Å². The van der Waals surface area contributed by atoms with Crippen molar-refractivity contribution in [1.29, 1.82) is 0 Å². The zero-order chi connectivity index (χ0) is 12.0. The second kappa shape index (κ2) is 6.12. The maximum atomic E-state index is 11.3. The number of ketones is 1. The lowest BCUT2D eigenvalue weighted by Gasteiger charge is -2.05. The van der Waals surface area contributed by atoms with Crippen LogP contribution in [-0.2, 0) is 9.59 Å². The van der Waals surface area contributed by atoms with Gasteiger partial charge < -0.3 is 10.1 Å². The minimum Gasteiger partial charge on any atom is -0.497 e. The van der Waals surface area contributed by atoms with Gasteiger partial charge in [0, 0.05) is 11.8 Å². The van der Waals surface area contributed by atoms with E-state index in [-0.39, 0.29) is 24.0 Å². The van der Waals surface area contributed by atoms with Gasteiger partial charge >= 0.3 is 0 Å². The normalized spacial score (nSPS) is 9.62. The average Bonchev–Trinajstić information content (AvgIpc) is 2.28. The van der Waals surface area contributed by atoms with Crippen LogP contribution in [0.25, 0.3) is 0 Å². The van der Waals surface area contributed by atoms with Crippen LogP contribution in [0.15, 0.2) is 24.3 Å². The lowest BCUT2D eigenvalue weighted by molar-refractivity contribution is -0.124. The van der Waals surface area contributed by atoms with Gasteiger partial charge in [-0.15, -0.1) is 11.6 Å². The smallest absolute Gasteiger partial charge is 0.231 e. The Kier molecular flexibility index (Phi) is 4.79. The standard InChI is InChI=1S/C11H12ClNO3/c1-16-10-4-2-3-8(5-10)13-11(15)6-9(14)7-12/h2-5H,6-7H2,1H3,(H,13,15). The number of carbonyl (C=O) groups excluding carboxylic acids is 2. The molecular weight excluding hydrogens is 230 g/mol. The molecule has 0 heterocycles. The molecule has 0 aliphatic carbocycles. The molecule has 0 spiro atoms. The quantitative estimate of drug-likeness (QED) is 0.632. The largest absolute Gasteiger partial charge is 0.497 e. The van der Waals surface area contributed by atoms with Gasteiger partial charge in [0.05, 0.1) is 19.4 Å². The summed E-state index contributed by atoms with van der Waals surface area (Å²) in [6.07, 6.45) is -0.208. The van der Waals surface area contributed by atoms with Crippen molar-refractivity contribution in [3.8, 4) is 5.75 Å². The highest BCUT2D eigenvalue weighted by Crippen LogP contribution is 2.16. The van der Waals surface area contributed by atoms with Crippen molar-refractivity contribution in [3.05, 3.63) is 24.3 Å². The molecule has 0 aliphatic heterocycles. The van der Waals surface area contributed by atoms with Crippen LogP contribution in [0.4, 0.5) is 5.69 Å². The fraction of sp³-hybridized carbons (Fsp3) is 0.273. The van der Waals surface area contributed by atoms with Crippen LogP contribution in [0, 0.1) is 0 Å². The topological polar surface area (TPSA) is 55.4 Å². The van der Waals surface area contributed by atoms with Crippen LogP contribution < -0.4 is 10.1 Å². The fourth-order valence-electron chi connectivity index (χ4n) is 1.13. The van der Waals surface area contributed by atoms with E-state index in [0.717, 1.165) is 0 Å². The third-order valence-corrected chi connectivity index (χ3v) is 2.16. The number of amides is 1. The monoisotopic (exact) mass is 241 g/mol. The van der Waals surface area contributed by atoms with Crippen molar-refractivity contribution >= 4 is 29.0 Å². The van der Waals surface area contributed by atoms with Gasteiger partial charge in [0.1, 0.15) is 5.75 Å². The minimum absolute atomic E-state index is 0.147. The van der Waals surface area contributed by atoms with Crippen molar-refractivity contribution in [2.75, 3.05) is 18.3 Å². The molecule has 86 valence electrons. The van der Waals surface area contributed by atoms with Crippen LogP contribution in [0.1, 0.15) is 6.42 Å². The Morgan fingerprint density at radius 2 is 2.19 bits per heavy atom. The van der Waals surface area contributed by atoms with E-state index in [9.17, 15) is 9.59 Å². The van der Waals surface area contributed by atoms with Gasteiger partial charge in [0.2, 0.25) is 5.91 Å². The van der Waals surface area contributed by atoms with Crippen molar-refractivity contribution in [1.82, 2.24) is 0 Å². The number of hydrogen-bond donors (Lipinski definition) is 1. The van der Waals surface area contributed by atoms with E-state index in [1.165, 1.54) is 7.11 Å². The number of anilines is 1. The zero-order valence-corrected chi connectivity index (χ0v) is 9.58. The maximum Gasteiger partial charge on any atom is 0.231 e. The van der Waals surface area contributed by atoms with Gasteiger partial charge in [0.25, 0.3) is 0 Å². The SMILES string of the molecule is COc1cccc(NC(=O)CC(=O)CCl)c1. The highest BCUT2D eigenvalue weighted by Gasteiger charge is 2.08. The number of nitrogens with one attached hydrogen (secondary N) is 1. The second-order valence-electron chi connectivity index (χ2n) is 3.13. The molecule has 1 aromatic carbocycles. The lowest BCUT2D eigenvalue weighted by atomic mass is 10.2. The number of carbonyl (C=O) groups is 2. The summed E-state index contributed by atoms with van der Waals surface area (Å²) in [5.41, 5.74) is 0.590.